The fourth-order valence-corrected chi connectivity index (χ4v) is 2.59. The number of anilines is 1. The highest BCUT2D eigenvalue weighted by atomic mass is 16.2. The lowest BCUT2D eigenvalue weighted by molar-refractivity contribution is -0.126. The minimum atomic E-state index is -0.376. The van der Waals surface area contributed by atoms with Gasteiger partial charge in [-0.1, -0.05) is 18.2 Å². The summed E-state index contributed by atoms with van der Waals surface area (Å²) in [6.07, 6.45) is -0.244. The van der Waals surface area contributed by atoms with Gasteiger partial charge in [-0.15, -0.1) is 0 Å². The number of nitrogens with zero attached hydrogens (tertiary/aromatic N) is 1. The molecule has 6 nitrogen and oxygen atoms in total. The van der Waals surface area contributed by atoms with Gasteiger partial charge in [0.05, 0.1) is 12.1 Å². The smallest absolute Gasteiger partial charge is 0.301 e. The van der Waals surface area contributed by atoms with E-state index in [9.17, 15) is 9.59 Å². The van der Waals surface area contributed by atoms with Crippen LogP contribution in [0.4, 0.5) is 10.5 Å². The predicted molar refractivity (Wildman–Crippen MR) is 70.3 cm³/mol. The highest BCUT2D eigenvalue weighted by Crippen LogP contribution is 2.24. The van der Waals surface area contributed by atoms with E-state index in [1.165, 1.54) is 0 Å². The Hall–Kier alpha value is -1.92. The maximum atomic E-state index is 12.1. The lowest BCUT2D eigenvalue weighted by Gasteiger charge is -2.45. The first-order valence-corrected chi connectivity index (χ1v) is 6.35. The molecule has 1 aromatic carbocycles. The molecule has 2 aliphatic heterocycles. The van der Waals surface area contributed by atoms with Gasteiger partial charge in [-0.05, 0) is 19.1 Å². The molecule has 3 atom stereocenters. The zero-order valence-electron chi connectivity index (χ0n) is 10.6. The van der Waals surface area contributed by atoms with Crippen molar-refractivity contribution in [2.75, 3.05) is 11.4 Å². The van der Waals surface area contributed by atoms with Crippen molar-refractivity contribution < 1.29 is 9.59 Å². The maximum absolute atomic E-state index is 12.1. The number of benzene rings is 1. The number of fused-ring (bicyclic) bond motifs is 1. The lowest BCUT2D eigenvalue weighted by Crippen LogP contribution is -2.72. The molecule has 3 unspecified atom stereocenters. The minimum Gasteiger partial charge on any atom is -0.301 e. The van der Waals surface area contributed by atoms with Crippen molar-refractivity contribution in [2.45, 2.75) is 19.3 Å². The summed E-state index contributed by atoms with van der Waals surface area (Å²) >= 11 is 0. The van der Waals surface area contributed by atoms with Crippen LogP contribution in [0.3, 0.4) is 0 Å². The van der Waals surface area contributed by atoms with Crippen LogP contribution in [0.15, 0.2) is 30.3 Å². The van der Waals surface area contributed by atoms with Crippen molar-refractivity contribution in [3.63, 3.8) is 0 Å². The topological polar surface area (TPSA) is 73.5 Å². The van der Waals surface area contributed by atoms with Crippen molar-refractivity contribution in [2.24, 2.45) is 5.92 Å². The summed E-state index contributed by atoms with van der Waals surface area (Å²) in [6, 6.07) is 8.99. The number of para-hydroxylation sites is 1. The fraction of sp³-hybridized carbons (Fsp3) is 0.385. The summed E-state index contributed by atoms with van der Waals surface area (Å²) in [5, 5.41) is 8.86. The van der Waals surface area contributed by atoms with E-state index in [0.29, 0.717) is 6.54 Å². The number of rotatable bonds is 1. The van der Waals surface area contributed by atoms with Crippen LogP contribution in [0, 0.1) is 5.92 Å². The summed E-state index contributed by atoms with van der Waals surface area (Å²) in [7, 11) is 0. The molecule has 0 radical (unpaired) electrons. The van der Waals surface area contributed by atoms with Crippen molar-refractivity contribution in [1.29, 1.82) is 0 Å². The highest BCUT2D eigenvalue weighted by molar-refractivity contribution is 6.07. The number of carbonyl (C=O) groups is 2. The van der Waals surface area contributed by atoms with Gasteiger partial charge in [0.25, 0.3) is 0 Å². The number of hydrogen-bond acceptors (Lipinski definition) is 4. The van der Waals surface area contributed by atoms with Gasteiger partial charge in [0.2, 0.25) is 5.91 Å². The molecule has 0 saturated carbocycles. The Kier molecular flexibility index (Phi) is 2.96. The second kappa shape index (κ2) is 4.64. The van der Waals surface area contributed by atoms with Gasteiger partial charge < -0.3 is 5.32 Å². The Labute approximate surface area is 111 Å². The summed E-state index contributed by atoms with van der Waals surface area (Å²) in [4.78, 5) is 25.6. The molecule has 2 fully saturated rings. The minimum absolute atomic E-state index is 0.0613. The van der Waals surface area contributed by atoms with E-state index in [0.717, 1.165) is 5.69 Å². The SMILES string of the molecule is CC1NCC2C(=O)NC(=O)N(c3ccccc3)C2N1. The lowest BCUT2D eigenvalue weighted by atomic mass is 9.98. The first-order chi connectivity index (χ1) is 9.16. The molecule has 6 heteroatoms. The summed E-state index contributed by atoms with van der Waals surface area (Å²) < 4.78 is 0. The largest absolute Gasteiger partial charge is 0.329 e. The number of hydrogen-bond donors (Lipinski definition) is 3. The third kappa shape index (κ3) is 2.09. The Morgan fingerprint density at radius 1 is 1.21 bits per heavy atom. The maximum Gasteiger partial charge on any atom is 0.329 e. The van der Waals surface area contributed by atoms with Gasteiger partial charge in [0.15, 0.2) is 0 Å². The standard InChI is InChI=1S/C13H16N4O2/c1-8-14-7-10-11(15-8)17(13(19)16-12(10)18)9-5-3-2-4-6-9/h2-6,8,10-11,14-15H,7H2,1H3,(H,16,18,19). The van der Waals surface area contributed by atoms with E-state index in [-0.39, 0.29) is 30.2 Å². The molecular formula is C13H16N4O2. The zero-order chi connectivity index (χ0) is 13.4. The van der Waals surface area contributed by atoms with Gasteiger partial charge in [-0.25, -0.2) is 4.79 Å². The number of nitrogens with one attached hydrogen (secondary N) is 3. The van der Waals surface area contributed by atoms with E-state index in [1.54, 1.807) is 4.90 Å². The normalized spacial score (nSPS) is 30.8. The van der Waals surface area contributed by atoms with Crippen molar-refractivity contribution >= 4 is 17.6 Å². The predicted octanol–water partition coefficient (Wildman–Crippen LogP) is 0.224. The van der Waals surface area contributed by atoms with Crippen LogP contribution < -0.4 is 20.9 Å². The monoisotopic (exact) mass is 260 g/mol. The van der Waals surface area contributed by atoms with Crippen LogP contribution >= 0.6 is 0 Å². The van der Waals surface area contributed by atoms with Crippen LogP contribution in [0.5, 0.6) is 0 Å². The molecule has 2 aliphatic rings. The Bertz CT molecular complexity index is 505. The van der Waals surface area contributed by atoms with Crippen LogP contribution in [0.1, 0.15) is 6.92 Å². The van der Waals surface area contributed by atoms with E-state index >= 15 is 0 Å². The molecule has 3 rings (SSSR count). The first-order valence-electron chi connectivity index (χ1n) is 6.35. The molecule has 100 valence electrons. The fourth-order valence-electron chi connectivity index (χ4n) is 2.59. The van der Waals surface area contributed by atoms with Crippen molar-refractivity contribution in [3.05, 3.63) is 30.3 Å². The summed E-state index contributed by atoms with van der Waals surface area (Å²) in [6.45, 7) is 2.53. The number of urea groups is 1. The third-order valence-corrected chi connectivity index (χ3v) is 3.54. The molecule has 2 heterocycles. The molecule has 3 amide bonds. The Morgan fingerprint density at radius 3 is 2.68 bits per heavy atom. The van der Waals surface area contributed by atoms with E-state index in [1.807, 2.05) is 37.3 Å². The zero-order valence-corrected chi connectivity index (χ0v) is 10.6. The van der Waals surface area contributed by atoms with Crippen LogP contribution in [0.2, 0.25) is 0 Å². The van der Waals surface area contributed by atoms with Crippen LogP contribution in [-0.4, -0.2) is 30.8 Å². The average molecular weight is 260 g/mol. The first kappa shape index (κ1) is 12.1. The van der Waals surface area contributed by atoms with Gasteiger partial charge in [-0.3, -0.25) is 20.3 Å². The van der Waals surface area contributed by atoms with E-state index in [2.05, 4.69) is 16.0 Å². The molecule has 0 aromatic heterocycles. The van der Waals surface area contributed by atoms with Crippen molar-refractivity contribution in [3.8, 4) is 0 Å². The van der Waals surface area contributed by atoms with Crippen molar-refractivity contribution in [1.82, 2.24) is 16.0 Å². The van der Waals surface area contributed by atoms with Crippen LogP contribution in [-0.2, 0) is 4.79 Å². The van der Waals surface area contributed by atoms with Gasteiger partial charge in [0, 0.05) is 12.2 Å². The van der Waals surface area contributed by atoms with Gasteiger partial charge in [-0.2, -0.15) is 0 Å². The molecule has 0 bridgehead atoms. The molecule has 3 N–H and O–H groups in total. The summed E-state index contributed by atoms with van der Waals surface area (Å²) in [5.74, 6) is -0.511. The number of carbonyl (C=O) groups excluding carboxylic acids is 2. The number of amides is 3. The molecule has 1 aromatic rings. The highest BCUT2D eigenvalue weighted by Gasteiger charge is 2.44. The van der Waals surface area contributed by atoms with E-state index in [4.69, 9.17) is 0 Å². The molecular weight excluding hydrogens is 244 g/mol. The quantitative estimate of drug-likeness (QED) is 0.675. The summed E-state index contributed by atoms with van der Waals surface area (Å²) in [5.41, 5.74) is 0.782. The van der Waals surface area contributed by atoms with E-state index < -0.39 is 0 Å². The molecule has 19 heavy (non-hydrogen) atoms. The third-order valence-electron chi connectivity index (χ3n) is 3.54. The second-order valence-electron chi connectivity index (χ2n) is 4.85. The second-order valence-corrected chi connectivity index (χ2v) is 4.85. The molecule has 0 spiro atoms. The van der Waals surface area contributed by atoms with Gasteiger partial charge in [0.1, 0.15) is 6.17 Å². The Morgan fingerprint density at radius 2 is 1.95 bits per heavy atom. The Balaban J connectivity index is 1.96. The van der Waals surface area contributed by atoms with Crippen LogP contribution in [0.25, 0.3) is 0 Å². The molecule has 2 saturated heterocycles. The van der Waals surface area contributed by atoms with Gasteiger partial charge >= 0.3 is 6.03 Å². The number of imide groups is 1. The molecule has 0 aliphatic carbocycles. The average Bonchev–Trinajstić information content (AvgIpc) is 2.39.